The molecule has 2 aromatic carbocycles. The lowest BCUT2D eigenvalue weighted by Gasteiger charge is -2.16. The van der Waals surface area contributed by atoms with Gasteiger partial charge < -0.3 is 19.8 Å². The molecule has 2 aromatic heterocycles. The van der Waals surface area contributed by atoms with E-state index in [9.17, 15) is 14.4 Å². The van der Waals surface area contributed by atoms with E-state index in [2.05, 4.69) is 10.3 Å². The fraction of sp³-hybridized carbons (Fsp3) is 0.212. The number of ketones is 1. The largest absolute Gasteiger partial charge is 0.489 e. The smallest absolute Gasteiger partial charge is 0.333 e. The monoisotopic (exact) mass is 583 g/mol. The number of carbonyl (C=O) groups excluding carboxylic acids is 3. The Morgan fingerprint density at radius 3 is 2.45 bits per heavy atom. The number of esters is 1. The van der Waals surface area contributed by atoms with Gasteiger partial charge in [0.05, 0.1) is 24.0 Å². The number of ether oxygens (including phenoxy) is 2. The second-order valence-corrected chi connectivity index (χ2v) is 10.5. The van der Waals surface area contributed by atoms with E-state index in [0.29, 0.717) is 35.9 Å². The molecule has 1 amide bonds. The maximum atomic E-state index is 12.9. The quantitative estimate of drug-likeness (QED) is 0.0633. The Balaban J connectivity index is 1.51. The van der Waals surface area contributed by atoms with Crippen LogP contribution in [0.1, 0.15) is 59.1 Å². The van der Waals surface area contributed by atoms with E-state index in [4.69, 9.17) is 14.5 Å². The van der Waals surface area contributed by atoms with Crippen molar-refractivity contribution in [3.8, 4) is 5.75 Å². The Morgan fingerprint density at radius 2 is 1.76 bits per heavy atom. The van der Waals surface area contributed by atoms with Crippen molar-refractivity contribution < 1.29 is 23.9 Å². The third-order valence-corrected chi connectivity index (χ3v) is 7.20. The summed E-state index contributed by atoms with van der Waals surface area (Å²) in [6.45, 7) is 6.11. The van der Waals surface area contributed by atoms with Gasteiger partial charge >= 0.3 is 5.97 Å². The van der Waals surface area contributed by atoms with Crippen molar-refractivity contribution in [2.45, 2.75) is 39.8 Å². The van der Waals surface area contributed by atoms with Crippen molar-refractivity contribution in [1.29, 1.82) is 0 Å². The van der Waals surface area contributed by atoms with Gasteiger partial charge in [-0.2, -0.15) is 0 Å². The SMILES string of the molecule is CCOC(=O)C(C)=CC(C)=Cc1csc([C@H](Cc2ccc(OCc3ccccc3)cc2)NC(=O)C(=O)c2ccc[nH]2)n1. The van der Waals surface area contributed by atoms with Crippen LogP contribution in [-0.4, -0.2) is 34.2 Å². The molecule has 0 radical (unpaired) electrons. The molecule has 2 N–H and O–H groups in total. The first-order valence-electron chi connectivity index (χ1n) is 13.6. The predicted molar refractivity (Wildman–Crippen MR) is 163 cm³/mol. The minimum Gasteiger partial charge on any atom is -0.489 e. The molecule has 0 fully saturated rings. The summed E-state index contributed by atoms with van der Waals surface area (Å²) >= 11 is 1.39. The average molecular weight is 584 g/mol. The van der Waals surface area contributed by atoms with Crippen molar-refractivity contribution in [3.05, 3.63) is 123 Å². The van der Waals surface area contributed by atoms with Gasteiger partial charge in [-0.15, -0.1) is 11.3 Å². The van der Waals surface area contributed by atoms with Gasteiger partial charge in [0, 0.05) is 17.2 Å². The molecule has 42 heavy (non-hydrogen) atoms. The number of nitrogens with one attached hydrogen (secondary N) is 2. The molecule has 0 spiro atoms. The van der Waals surface area contributed by atoms with Crippen LogP contribution in [0.4, 0.5) is 0 Å². The zero-order chi connectivity index (χ0) is 29.9. The zero-order valence-corrected chi connectivity index (χ0v) is 24.6. The molecule has 0 saturated heterocycles. The molecule has 2 heterocycles. The number of nitrogens with zero attached hydrogens (tertiary/aromatic N) is 1. The highest BCUT2D eigenvalue weighted by Crippen LogP contribution is 2.25. The highest BCUT2D eigenvalue weighted by Gasteiger charge is 2.24. The summed E-state index contributed by atoms with van der Waals surface area (Å²) in [4.78, 5) is 45.1. The van der Waals surface area contributed by atoms with Gasteiger partial charge in [0.1, 0.15) is 17.4 Å². The van der Waals surface area contributed by atoms with Crippen molar-refractivity contribution in [2.75, 3.05) is 6.61 Å². The Morgan fingerprint density at radius 1 is 1.00 bits per heavy atom. The van der Waals surface area contributed by atoms with Gasteiger partial charge in [-0.05, 0) is 80.3 Å². The summed E-state index contributed by atoms with van der Waals surface area (Å²) in [5.41, 5.74) is 4.23. The van der Waals surface area contributed by atoms with Crippen LogP contribution in [0, 0.1) is 0 Å². The number of allylic oxidation sites excluding steroid dienone is 2. The van der Waals surface area contributed by atoms with E-state index in [1.54, 1.807) is 38.3 Å². The second kappa shape index (κ2) is 14.7. The maximum absolute atomic E-state index is 12.9. The number of hydrogen-bond acceptors (Lipinski definition) is 7. The normalized spacial score (nSPS) is 12.5. The summed E-state index contributed by atoms with van der Waals surface area (Å²) in [5, 5.41) is 5.40. The minimum absolute atomic E-state index is 0.216. The van der Waals surface area contributed by atoms with E-state index >= 15 is 0 Å². The number of benzene rings is 2. The molecule has 9 heteroatoms. The molecule has 0 bridgehead atoms. The molecule has 0 aliphatic carbocycles. The Kier molecular flexibility index (Phi) is 10.6. The molecule has 0 aliphatic rings. The number of H-pyrrole nitrogens is 1. The number of carbonyl (C=O) groups is 3. The standard InChI is InChI=1S/C33H33N3O5S/c1-4-40-33(39)23(3)17-22(2)18-26-21-42-32(35-26)29(36-31(38)30(37)28-11-8-16-34-28)19-24-12-14-27(15-13-24)41-20-25-9-6-5-7-10-25/h5-18,21,29,34H,4,19-20H2,1-3H3,(H,36,38)/t29-/m0/s1. The van der Waals surface area contributed by atoms with Gasteiger partial charge in [-0.25, -0.2) is 9.78 Å². The first-order valence-corrected chi connectivity index (χ1v) is 14.4. The maximum Gasteiger partial charge on any atom is 0.333 e. The van der Waals surface area contributed by atoms with Crippen LogP contribution < -0.4 is 10.1 Å². The Bertz CT molecular complexity index is 1550. The lowest BCUT2D eigenvalue weighted by Crippen LogP contribution is -2.35. The minimum atomic E-state index is -0.721. The lowest BCUT2D eigenvalue weighted by molar-refractivity contribution is -0.138. The molecule has 0 aliphatic heterocycles. The number of aromatic nitrogens is 2. The third-order valence-electron chi connectivity index (χ3n) is 6.22. The van der Waals surface area contributed by atoms with Crippen LogP contribution in [0.25, 0.3) is 6.08 Å². The Labute approximate surface area is 249 Å². The van der Waals surface area contributed by atoms with Crippen LogP contribution in [0.3, 0.4) is 0 Å². The summed E-state index contributed by atoms with van der Waals surface area (Å²) < 4.78 is 10.9. The number of hydrogen-bond donors (Lipinski definition) is 2. The van der Waals surface area contributed by atoms with Gasteiger partial charge in [-0.3, -0.25) is 9.59 Å². The summed E-state index contributed by atoms with van der Waals surface area (Å²) in [6, 6.07) is 20.3. The third kappa shape index (κ3) is 8.62. The van der Waals surface area contributed by atoms with Crippen molar-refractivity contribution in [1.82, 2.24) is 15.3 Å². The molecule has 4 aromatic rings. The van der Waals surface area contributed by atoms with Gasteiger partial charge in [0.25, 0.3) is 11.7 Å². The van der Waals surface area contributed by atoms with E-state index in [1.165, 1.54) is 11.3 Å². The van der Waals surface area contributed by atoms with Crippen molar-refractivity contribution >= 4 is 35.1 Å². The topological polar surface area (TPSA) is 110 Å². The van der Waals surface area contributed by atoms with E-state index in [0.717, 1.165) is 22.4 Å². The molecule has 216 valence electrons. The summed E-state index contributed by atoms with van der Waals surface area (Å²) in [7, 11) is 0. The van der Waals surface area contributed by atoms with Crippen molar-refractivity contribution in [3.63, 3.8) is 0 Å². The number of rotatable bonds is 13. The lowest BCUT2D eigenvalue weighted by atomic mass is 10.1. The van der Waals surface area contributed by atoms with Gasteiger partial charge in [0.2, 0.25) is 0 Å². The van der Waals surface area contributed by atoms with Gasteiger partial charge in [-0.1, -0.05) is 42.5 Å². The van der Waals surface area contributed by atoms with Crippen molar-refractivity contribution in [2.24, 2.45) is 0 Å². The fourth-order valence-electron chi connectivity index (χ4n) is 4.16. The average Bonchev–Trinajstić information content (AvgIpc) is 3.69. The number of thiazole rings is 1. The van der Waals surface area contributed by atoms with E-state index in [-0.39, 0.29) is 11.7 Å². The first-order chi connectivity index (χ1) is 20.3. The van der Waals surface area contributed by atoms with E-state index in [1.807, 2.05) is 73.0 Å². The molecular weight excluding hydrogens is 550 g/mol. The van der Waals surface area contributed by atoms with Crippen LogP contribution >= 0.6 is 11.3 Å². The highest BCUT2D eigenvalue weighted by molar-refractivity contribution is 7.09. The van der Waals surface area contributed by atoms with Crippen LogP contribution in [0.2, 0.25) is 0 Å². The Hall–Kier alpha value is -4.76. The highest BCUT2D eigenvalue weighted by atomic mass is 32.1. The number of aromatic amines is 1. The summed E-state index contributed by atoms with van der Waals surface area (Å²) in [6.07, 6.45) is 5.61. The number of Topliss-reactive ketones (excluding diaryl/α,β-unsaturated/α-hetero) is 1. The molecule has 4 rings (SSSR count). The fourth-order valence-corrected chi connectivity index (χ4v) is 4.99. The zero-order valence-electron chi connectivity index (χ0n) is 23.8. The van der Waals surface area contributed by atoms with Crippen LogP contribution in [0.15, 0.2) is 95.5 Å². The predicted octanol–water partition coefficient (Wildman–Crippen LogP) is 6.25. The number of amides is 1. The molecule has 0 saturated carbocycles. The molecule has 1 atom stereocenters. The molecular formula is C33H33N3O5S. The van der Waals surface area contributed by atoms with Gasteiger partial charge in [0.15, 0.2) is 0 Å². The van der Waals surface area contributed by atoms with Crippen LogP contribution in [0.5, 0.6) is 5.75 Å². The molecule has 0 unspecified atom stereocenters. The van der Waals surface area contributed by atoms with Crippen LogP contribution in [-0.2, 0) is 27.4 Å². The summed E-state index contributed by atoms with van der Waals surface area (Å²) in [5.74, 6) is -1.01. The first kappa shape index (κ1) is 30.2. The second-order valence-electron chi connectivity index (χ2n) is 9.61. The van der Waals surface area contributed by atoms with E-state index < -0.39 is 17.7 Å². The molecule has 8 nitrogen and oxygen atoms in total.